The topological polar surface area (TPSA) is 39.7 Å². The molecule has 0 unspecified atom stereocenters. The zero-order valence-corrected chi connectivity index (χ0v) is 20.2. The first kappa shape index (κ1) is 22.4. The van der Waals surface area contributed by atoms with Gasteiger partial charge in [-0.2, -0.15) is 0 Å². The predicted molar refractivity (Wildman–Crippen MR) is 132 cm³/mol. The summed E-state index contributed by atoms with van der Waals surface area (Å²) in [5.74, 6) is 0.684. The predicted octanol–water partition coefficient (Wildman–Crippen LogP) is 5.28. The van der Waals surface area contributed by atoms with Gasteiger partial charge >= 0.3 is 6.03 Å². The van der Waals surface area contributed by atoms with E-state index < -0.39 is 0 Å². The highest BCUT2D eigenvalue weighted by atomic mass is 16.2. The van der Waals surface area contributed by atoms with Crippen LogP contribution >= 0.6 is 0 Å². The van der Waals surface area contributed by atoms with Crippen molar-refractivity contribution in [3.05, 3.63) is 66.0 Å². The minimum absolute atomic E-state index is 0.0399. The molecule has 1 aliphatic heterocycles. The molecule has 5 rings (SSSR count). The average Bonchev–Trinajstić information content (AvgIpc) is 3.07. The Hall–Kier alpha value is -2.40. The summed E-state index contributed by atoms with van der Waals surface area (Å²) in [6.07, 6.45) is 11.9. The number of hydrogen-bond donors (Lipinski definition) is 0. The molecule has 1 saturated heterocycles. The van der Waals surface area contributed by atoms with Crippen LogP contribution in [0, 0.1) is 5.92 Å². The molecule has 2 aliphatic carbocycles. The maximum Gasteiger partial charge on any atom is 0.320 e. The van der Waals surface area contributed by atoms with Gasteiger partial charge in [-0.3, -0.25) is 9.88 Å². The van der Waals surface area contributed by atoms with Crippen molar-refractivity contribution in [1.82, 2.24) is 19.7 Å². The quantitative estimate of drug-likeness (QED) is 0.581. The second-order valence-corrected chi connectivity index (χ2v) is 10.5. The molecule has 33 heavy (non-hydrogen) atoms. The molecule has 1 spiro atoms. The summed E-state index contributed by atoms with van der Waals surface area (Å²) in [6.45, 7) is 5.72. The molecule has 3 fully saturated rings. The van der Waals surface area contributed by atoms with Crippen molar-refractivity contribution in [2.75, 3.05) is 26.7 Å². The van der Waals surface area contributed by atoms with Crippen molar-refractivity contribution in [3.63, 3.8) is 0 Å². The van der Waals surface area contributed by atoms with Crippen LogP contribution in [0.2, 0.25) is 0 Å². The minimum Gasteiger partial charge on any atom is -0.318 e. The van der Waals surface area contributed by atoms with Gasteiger partial charge in [0.05, 0.1) is 5.54 Å². The van der Waals surface area contributed by atoms with E-state index in [9.17, 15) is 4.79 Å². The van der Waals surface area contributed by atoms with Gasteiger partial charge in [0, 0.05) is 37.6 Å². The molecule has 2 aromatic rings. The Labute approximate surface area is 198 Å². The van der Waals surface area contributed by atoms with E-state index >= 15 is 0 Å². The van der Waals surface area contributed by atoms with Crippen LogP contribution in [0.4, 0.5) is 4.79 Å². The van der Waals surface area contributed by atoms with Crippen LogP contribution in [-0.2, 0) is 12.1 Å². The van der Waals surface area contributed by atoms with Gasteiger partial charge in [-0.1, -0.05) is 49.7 Å². The summed E-state index contributed by atoms with van der Waals surface area (Å²) in [5.41, 5.74) is 2.56. The lowest BCUT2D eigenvalue weighted by atomic mass is 9.68. The summed E-state index contributed by atoms with van der Waals surface area (Å²) in [4.78, 5) is 24.9. The molecular formula is C28H38N4O. The summed E-state index contributed by atoms with van der Waals surface area (Å²) >= 11 is 0. The fraction of sp³-hybridized carbons (Fsp3) is 0.571. The number of carbonyl (C=O) groups is 1. The van der Waals surface area contributed by atoms with E-state index in [4.69, 9.17) is 0 Å². The molecule has 2 amide bonds. The third-order valence-electron chi connectivity index (χ3n) is 8.84. The second kappa shape index (κ2) is 9.09. The molecule has 0 radical (unpaired) electrons. The Morgan fingerprint density at radius 3 is 2.42 bits per heavy atom. The monoisotopic (exact) mass is 446 g/mol. The maximum atomic E-state index is 13.7. The highest BCUT2D eigenvalue weighted by molar-refractivity contribution is 5.78. The molecule has 2 heterocycles. The Morgan fingerprint density at radius 1 is 1.06 bits per heavy atom. The first-order chi connectivity index (χ1) is 16.1. The maximum absolute atomic E-state index is 13.7. The fourth-order valence-corrected chi connectivity index (χ4v) is 6.42. The molecule has 2 saturated carbocycles. The number of amides is 2. The summed E-state index contributed by atoms with van der Waals surface area (Å²) in [7, 11) is 2.27. The molecule has 5 nitrogen and oxygen atoms in total. The highest BCUT2D eigenvalue weighted by Gasteiger charge is 2.55. The van der Waals surface area contributed by atoms with Gasteiger partial charge in [-0.25, -0.2) is 4.79 Å². The van der Waals surface area contributed by atoms with Crippen LogP contribution in [0.3, 0.4) is 0 Å². The zero-order chi connectivity index (χ0) is 22.9. The summed E-state index contributed by atoms with van der Waals surface area (Å²) in [6, 6.07) is 15.3. The average molecular weight is 447 g/mol. The molecular weight excluding hydrogens is 408 g/mol. The number of rotatable bonds is 7. The number of aromatic nitrogens is 1. The Balaban J connectivity index is 1.41. The lowest BCUT2D eigenvalue weighted by Gasteiger charge is -2.52. The van der Waals surface area contributed by atoms with Gasteiger partial charge in [0.1, 0.15) is 0 Å². The van der Waals surface area contributed by atoms with Crippen molar-refractivity contribution < 1.29 is 4.79 Å². The van der Waals surface area contributed by atoms with E-state index in [0.717, 1.165) is 50.9 Å². The smallest absolute Gasteiger partial charge is 0.318 e. The van der Waals surface area contributed by atoms with Crippen LogP contribution < -0.4 is 0 Å². The largest absolute Gasteiger partial charge is 0.320 e. The van der Waals surface area contributed by atoms with Gasteiger partial charge in [0.15, 0.2) is 0 Å². The van der Waals surface area contributed by atoms with E-state index in [1.165, 1.54) is 24.8 Å². The normalized spacial score (nSPS) is 28.0. The molecule has 5 heteroatoms. The molecule has 1 aromatic heterocycles. The van der Waals surface area contributed by atoms with Gasteiger partial charge < -0.3 is 9.80 Å². The van der Waals surface area contributed by atoms with E-state index in [1.54, 1.807) is 6.20 Å². The third kappa shape index (κ3) is 4.05. The van der Waals surface area contributed by atoms with Crippen molar-refractivity contribution in [3.8, 4) is 0 Å². The SMILES string of the molecule is CCN(C)[C@]1(c2ccccc2)CC[C@]2(CC1)CN(Cc1cccnc1)C(=O)N2CC1CCC1. The van der Waals surface area contributed by atoms with E-state index in [0.29, 0.717) is 12.5 Å². The van der Waals surface area contributed by atoms with Gasteiger partial charge in [-0.05, 0) is 75.2 Å². The Morgan fingerprint density at radius 2 is 1.82 bits per heavy atom. The van der Waals surface area contributed by atoms with Gasteiger partial charge in [-0.15, -0.1) is 0 Å². The second-order valence-electron chi connectivity index (χ2n) is 10.5. The standard InChI is InChI=1S/C28H38N4O/c1-3-30(2)28(25-12-5-4-6-13-25)16-14-27(15-17-28)22-31(20-24-11-8-18-29-19-24)26(33)32(27)21-23-9-7-10-23/h4-6,8,11-13,18-19,23H,3,7,9-10,14-17,20-22H2,1-2H3/t27-,28+. The van der Waals surface area contributed by atoms with Crippen molar-refractivity contribution in [2.24, 2.45) is 5.92 Å². The lowest BCUT2D eigenvalue weighted by molar-refractivity contribution is 0.00698. The van der Waals surface area contributed by atoms with Crippen LogP contribution in [0.25, 0.3) is 0 Å². The lowest BCUT2D eigenvalue weighted by Crippen LogP contribution is -2.57. The number of nitrogens with zero attached hydrogens (tertiary/aromatic N) is 4. The minimum atomic E-state index is -0.0399. The van der Waals surface area contributed by atoms with Crippen LogP contribution in [0.5, 0.6) is 0 Å². The number of benzene rings is 1. The summed E-state index contributed by atoms with van der Waals surface area (Å²) in [5, 5.41) is 0. The molecule has 0 N–H and O–H groups in total. The van der Waals surface area contributed by atoms with E-state index in [-0.39, 0.29) is 17.1 Å². The summed E-state index contributed by atoms with van der Waals surface area (Å²) < 4.78 is 0. The first-order valence-corrected chi connectivity index (χ1v) is 12.8. The number of urea groups is 1. The van der Waals surface area contributed by atoms with Crippen molar-refractivity contribution >= 4 is 6.03 Å². The third-order valence-corrected chi connectivity index (χ3v) is 8.84. The van der Waals surface area contributed by atoms with E-state index in [1.807, 2.05) is 12.3 Å². The fourth-order valence-electron chi connectivity index (χ4n) is 6.42. The van der Waals surface area contributed by atoms with Crippen molar-refractivity contribution in [1.29, 1.82) is 0 Å². The Bertz CT molecular complexity index is 935. The number of carbonyl (C=O) groups excluding carboxylic acids is 1. The molecule has 3 aliphatic rings. The van der Waals surface area contributed by atoms with E-state index in [2.05, 4.69) is 70.1 Å². The molecule has 0 atom stereocenters. The van der Waals surface area contributed by atoms with Crippen molar-refractivity contribution in [2.45, 2.75) is 69.5 Å². The highest BCUT2D eigenvalue weighted by Crippen LogP contribution is 2.50. The van der Waals surface area contributed by atoms with Crippen LogP contribution in [0.1, 0.15) is 63.0 Å². The van der Waals surface area contributed by atoms with Crippen LogP contribution in [-0.4, -0.2) is 57.9 Å². The van der Waals surface area contributed by atoms with Crippen LogP contribution in [0.15, 0.2) is 54.9 Å². The number of pyridine rings is 1. The molecule has 1 aromatic carbocycles. The van der Waals surface area contributed by atoms with Gasteiger partial charge in [0.25, 0.3) is 0 Å². The van der Waals surface area contributed by atoms with Gasteiger partial charge in [0.2, 0.25) is 0 Å². The first-order valence-electron chi connectivity index (χ1n) is 12.8. The zero-order valence-electron chi connectivity index (χ0n) is 20.2. The molecule has 0 bridgehead atoms. The Kier molecular flexibility index (Phi) is 6.17. The number of hydrogen-bond acceptors (Lipinski definition) is 3. The molecule has 176 valence electrons.